The third-order valence-corrected chi connectivity index (χ3v) is 3.58. The highest BCUT2D eigenvalue weighted by Crippen LogP contribution is 2.31. The van der Waals surface area contributed by atoms with E-state index in [0.29, 0.717) is 17.9 Å². The maximum absolute atomic E-state index is 13.8. The predicted octanol–water partition coefficient (Wildman–Crippen LogP) is 2.00. The van der Waals surface area contributed by atoms with Crippen LogP contribution in [0.4, 0.5) is 4.39 Å². The van der Waals surface area contributed by atoms with Gasteiger partial charge in [0.25, 0.3) is 0 Å². The summed E-state index contributed by atoms with van der Waals surface area (Å²) in [4.78, 5) is 2.23. The molecule has 1 fully saturated rings. The van der Waals surface area contributed by atoms with Crippen molar-refractivity contribution in [1.29, 1.82) is 0 Å². The first-order valence-electron chi connectivity index (χ1n) is 5.66. The second kappa shape index (κ2) is 5.80. The first-order valence-corrected chi connectivity index (χ1v) is 6.45. The Hall–Kier alpha value is -0.650. The van der Waals surface area contributed by atoms with Crippen LogP contribution in [0.15, 0.2) is 16.6 Å². The van der Waals surface area contributed by atoms with Crippen LogP contribution in [0.2, 0.25) is 0 Å². The Bertz CT molecular complexity index is 394. The van der Waals surface area contributed by atoms with E-state index >= 15 is 0 Å². The summed E-state index contributed by atoms with van der Waals surface area (Å²) in [6.07, 6.45) is 0. The summed E-state index contributed by atoms with van der Waals surface area (Å²) < 4.78 is 19.9. The van der Waals surface area contributed by atoms with E-state index in [-0.39, 0.29) is 5.82 Å². The highest BCUT2D eigenvalue weighted by molar-refractivity contribution is 9.10. The Labute approximate surface area is 109 Å². The summed E-state index contributed by atoms with van der Waals surface area (Å²) >= 11 is 3.38. The van der Waals surface area contributed by atoms with Crippen molar-refractivity contribution in [3.8, 4) is 5.75 Å². The molecule has 0 unspecified atom stereocenters. The number of rotatable bonds is 3. The Kier molecular flexibility index (Phi) is 4.36. The number of ether oxygens (including phenoxy) is 1. The molecule has 1 aliphatic heterocycles. The highest BCUT2D eigenvalue weighted by Gasteiger charge is 2.17. The minimum Gasteiger partial charge on any atom is -0.495 e. The van der Waals surface area contributed by atoms with Crippen LogP contribution in [0.5, 0.6) is 5.75 Å². The van der Waals surface area contributed by atoms with E-state index in [1.54, 1.807) is 13.2 Å². The number of nitrogens with one attached hydrogen (secondary N) is 1. The molecule has 1 aliphatic rings. The minimum atomic E-state index is -0.205. The van der Waals surface area contributed by atoms with Crippen molar-refractivity contribution in [3.63, 3.8) is 0 Å². The van der Waals surface area contributed by atoms with Gasteiger partial charge in [-0.3, -0.25) is 4.90 Å². The van der Waals surface area contributed by atoms with E-state index < -0.39 is 0 Å². The van der Waals surface area contributed by atoms with Gasteiger partial charge in [-0.15, -0.1) is 0 Å². The van der Waals surface area contributed by atoms with Crippen LogP contribution in [0.25, 0.3) is 0 Å². The number of hydrogen-bond acceptors (Lipinski definition) is 3. The standard InChI is InChI=1S/C12H16BrFN2O/c1-17-12-9(11(14)3-2-10(12)13)8-16-6-4-15-5-7-16/h2-3,15H,4-8H2,1H3. The molecule has 3 nitrogen and oxygen atoms in total. The molecule has 94 valence electrons. The zero-order chi connectivity index (χ0) is 12.3. The van der Waals surface area contributed by atoms with Gasteiger partial charge in [0.2, 0.25) is 0 Å². The van der Waals surface area contributed by atoms with E-state index in [1.807, 2.05) is 0 Å². The van der Waals surface area contributed by atoms with Crippen LogP contribution >= 0.6 is 15.9 Å². The van der Waals surface area contributed by atoms with Crippen molar-refractivity contribution >= 4 is 15.9 Å². The molecule has 0 spiro atoms. The second-order valence-corrected chi connectivity index (χ2v) is 4.92. The van der Waals surface area contributed by atoms with Crippen LogP contribution in [0, 0.1) is 5.82 Å². The fraction of sp³-hybridized carbons (Fsp3) is 0.500. The van der Waals surface area contributed by atoms with Gasteiger partial charge in [-0.25, -0.2) is 4.39 Å². The normalized spacial score (nSPS) is 17.1. The number of benzene rings is 1. The van der Waals surface area contributed by atoms with Crippen molar-refractivity contribution in [2.24, 2.45) is 0 Å². The quantitative estimate of drug-likeness (QED) is 0.924. The van der Waals surface area contributed by atoms with Gasteiger partial charge in [0.05, 0.1) is 11.6 Å². The van der Waals surface area contributed by atoms with Crippen molar-refractivity contribution in [3.05, 3.63) is 28.0 Å². The van der Waals surface area contributed by atoms with Crippen molar-refractivity contribution < 1.29 is 9.13 Å². The Morgan fingerprint density at radius 3 is 2.76 bits per heavy atom. The lowest BCUT2D eigenvalue weighted by molar-refractivity contribution is 0.226. The second-order valence-electron chi connectivity index (χ2n) is 4.07. The third-order valence-electron chi connectivity index (χ3n) is 2.95. The lowest BCUT2D eigenvalue weighted by Crippen LogP contribution is -2.43. The predicted molar refractivity (Wildman–Crippen MR) is 68.8 cm³/mol. The number of nitrogens with zero attached hydrogens (tertiary/aromatic N) is 1. The zero-order valence-electron chi connectivity index (χ0n) is 9.80. The molecule has 5 heteroatoms. The van der Waals surface area contributed by atoms with Crippen LogP contribution in [0.3, 0.4) is 0 Å². The molecule has 2 rings (SSSR count). The van der Waals surface area contributed by atoms with Crippen molar-refractivity contribution in [2.45, 2.75) is 6.54 Å². The summed E-state index contributed by atoms with van der Waals surface area (Å²) in [7, 11) is 1.57. The molecule has 0 radical (unpaired) electrons. The highest BCUT2D eigenvalue weighted by atomic mass is 79.9. The van der Waals surface area contributed by atoms with Gasteiger partial charge in [0.15, 0.2) is 0 Å². The van der Waals surface area contributed by atoms with Crippen LogP contribution < -0.4 is 10.1 Å². The minimum absolute atomic E-state index is 0.205. The maximum Gasteiger partial charge on any atom is 0.140 e. The van der Waals surface area contributed by atoms with Gasteiger partial charge in [0, 0.05) is 38.3 Å². The first kappa shape index (κ1) is 12.8. The molecule has 0 bridgehead atoms. The Balaban J connectivity index is 2.21. The number of piperazine rings is 1. The van der Waals surface area contributed by atoms with E-state index in [9.17, 15) is 4.39 Å². The Morgan fingerprint density at radius 1 is 1.41 bits per heavy atom. The molecule has 0 amide bonds. The molecular formula is C12H16BrFN2O. The van der Waals surface area contributed by atoms with Crippen molar-refractivity contribution in [2.75, 3.05) is 33.3 Å². The smallest absolute Gasteiger partial charge is 0.140 e. The van der Waals surface area contributed by atoms with Gasteiger partial charge in [-0.2, -0.15) is 0 Å². The molecule has 1 saturated heterocycles. The first-order chi connectivity index (χ1) is 8.22. The zero-order valence-corrected chi connectivity index (χ0v) is 11.4. The van der Waals surface area contributed by atoms with E-state index in [1.165, 1.54) is 6.07 Å². The van der Waals surface area contributed by atoms with Gasteiger partial charge >= 0.3 is 0 Å². The number of methoxy groups -OCH3 is 1. The maximum atomic E-state index is 13.8. The number of hydrogen-bond donors (Lipinski definition) is 1. The molecule has 0 aliphatic carbocycles. The lowest BCUT2D eigenvalue weighted by atomic mass is 10.1. The topological polar surface area (TPSA) is 24.5 Å². The molecule has 1 N–H and O–H groups in total. The molecule has 0 aromatic heterocycles. The van der Waals surface area contributed by atoms with Gasteiger partial charge in [-0.05, 0) is 28.1 Å². The van der Waals surface area contributed by atoms with Crippen LogP contribution in [-0.4, -0.2) is 38.2 Å². The monoisotopic (exact) mass is 302 g/mol. The fourth-order valence-electron chi connectivity index (χ4n) is 2.04. The summed E-state index contributed by atoms with van der Waals surface area (Å²) in [5.41, 5.74) is 0.628. The van der Waals surface area contributed by atoms with Gasteiger partial charge in [-0.1, -0.05) is 0 Å². The molecule has 1 aromatic rings. The largest absolute Gasteiger partial charge is 0.495 e. The van der Waals surface area contributed by atoms with Crippen molar-refractivity contribution in [1.82, 2.24) is 10.2 Å². The van der Waals surface area contributed by atoms with Gasteiger partial charge in [0.1, 0.15) is 11.6 Å². The average molecular weight is 303 g/mol. The average Bonchev–Trinajstić information content (AvgIpc) is 2.35. The Morgan fingerprint density at radius 2 is 2.12 bits per heavy atom. The van der Waals surface area contributed by atoms with Crippen LogP contribution in [0.1, 0.15) is 5.56 Å². The summed E-state index contributed by atoms with van der Waals surface area (Å²) in [6.45, 7) is 4.39. The third kappa shape index (κ3) is 2.97. The summed E-state index contributed by atoms with van der Waals surface area (Å²) in [6, 6.07) is 3.15. The molecule has 1 heterocycles. The summed E-state index contributed by atoms with van der Waals surface area (Å²) in [5, 5.41) is 3.28. The SMILES string of the molecule is COc1c(Br)ccc(F)c1CN1CCNCC1. The number of halogens is 2. The molecule has 1 aromatic carbocycles. The molecular weight excluding hydrogens is 287 g/mol. The van der Waals surface area contributed by atoms with E-state index in [2.05, 4.69) is 26.1 Å². The van der Waals surface area contributed by atoms with E-state index in [0.717, 1.165) is 30.7 Å². The molecule has 0 saturated carbocycles. The van der Waals surface area contributed by atoms with Crippen LogP contribution in [-0.2, 0) is 6.54 Å². The fourth-order valence-corrected chi connectivity index (χ4v) is 2.57. The lowest BCUT2D eigenvalue weighted by Gasteiger charge is -2.28. The van der Waals surface area contributed by atoms with E-state index in [4.69, 9.17) is 4.74 Å². The van der Waals surface area contributed by atoms with Gasteiger partial charge < -0.3 is 10.1 Å². The molecule has 0 atom stereocenters. The molecule has 17 heavy (non-hydrogen) atoms. The summed E-state index contributed by atoms with van der Waals surface area (Å²) in [5.74, 6) is 0.395.